The Morgan fingerprint density at radius 1 is 1.58 bits per heavy atom. The van der Waals surface area contributed by atoms with E-state index >= 15 is 0 Å². The van der Waals surface area contributed by atoms with Gasteiger partial charge in [0, 0.05) is 0 Å². The number of aliphatic hydroxyl groups excluding tert-OH is 1. The van der Waals surface area contributed by atoms with Crippen molar-refractivity contribution in [2.45, 2.75) is 26.7 Å². The lowest BCUT2D eigenvalue weighted by molar-refractivity contribution is 0.353. The fourth-order valence-corrected chi connectivity index (χ4v) is 0.718. The molecule has 3 heteroatoms. The van der Waals surface area contributed by atoms with Crippen LogP contribution in [0.4, 0.5) is 0 Å². The van der Waals surface area contributed by atoms with E-state index < -0.39 is 0 Å². The summed E-state index contributed by atoms with van der Waals surface area (Å²) in [6.07, 6.45) is 5.86. The van der Waals surface area contributed by atoms with Gasteiger partial charge < -0.3 is 10.4 Å². The second-order valence-corrected chi connectivity index (χ2v) is 3.15. The van der Waals surface area contributed by atoms with Crippen LogP contribution >= 0.6 is 0 Å². The van der Waals surface area contributed by atoms with Gasteiger partial charge in [0.05, 0.1) is 0 Å². The first-order chi connectivity index (χ1) is 5.66. The Morgan fingerprint density at radius 2 is 2.25 bits per heavy atom. The summed E-state index contributed by atoms with van der Waals surface area (Å²) in [6.45, 7) is 4.13. The van der Waals surface area contributed by atoms with Crippen molar-refractivity contribution in [3.05, 3.63) is 12.3 Å². The predicted octanol–water partition coefficient (Wildman–Crippen LogP) is 1.50. The van der Waals surface area contributed by atoms with Crippen LogP contribution in [-0.2, 0) is 0 Å². The number of amidine groups is 1. The summed E-state index contributed by atoms with van der Waals surface area (Å²) in [7, 11) is 0. The van der Waals surface area contributed by atoms with Crippen LogP contribution in [0.15, 0.2) is 12.3 Å². The highest BCUT2D eigenvalue weighted by molar-refractivity contribution is 5.80. The zero-order valence-electron chi connectivity index (χ0n) is 7.80. The lowest BCUT2D eigenvalue weighted by atomic mass is 10.1. The number of nitrogens with one attached hydrogen (secondary N) is 2. The highest BCUT2D eigenvalue weighted by Gasteiger charge is 1.90. The average Bonchev–Trinajstić information content (AvgIpc) is 2.03. The molecule has 0 aromatic heterocycles. The van der Waals surface area contributed by atoms with Gasteiger partial charge in [0.15, 0.2) is 0 Å². The molecule has 0 aliphatic rings. The number of rotatable bonds is 5. The third-order valence-corrected chi connectivity index (χ3v) is 1.44. The second kappa shape index (κ2) is 6.85. The van der Waals surface area contributed by atoms with Gasteiger partial charge in [-0.25, -0.2) is 0 Å². The summed E-state index contributed by atoms with van der Waals surface area (Å²) in [5.74, 6) is 0.850. The van der Waals surface area contributed by atoms with E-state index in [-0.39, 0.29) is 12.4 Å². The van der Waals surface area contributed by atoms with Gasteiger partial charge in [0.2, 0.25) is 0 Å². The van der Waals surface area contributed by atoms with E-state index in [4.69, 9.17) is 10.5 Å². The van der Waals surface area contributed by atoms with Crippen molar-refractivity contribution in [3.8, 4) is 0 Å². The summed E-state index contributed by atoms with van der Waals surface area (Å²) in [4.78, 5) is 0. The van der Waals surface area contributed by atoms with E-state index in [0.29, 0.717) is 5.92 Å². The Labute approximate surface area is 74.0 Å². The molecule has 0 fully saturated rings. The minimum atomic E-state index is -0.228. The summed E-state index contributed by atoms with van der Waals surface area (Å²) < 4.78 is 0. The average molecular weight is 170 g/mol. The highest BCUT2D eigenvalue weighted by atomic mass is 16.3. The molecule has 0 aliphatic carbocycles. The molecule has 0 rings (SSSR count). The molecule has 0 saturated heterocycles. The maximum Gasteiger partial charge on any atom is 0.123 e. The van der Waals surface area contributed by atoms with Crippen LogP contribution in [0.1, 0.15) is 26.7 Å². The standard InChI is InChI=1S/C9H18N2O/c1-8(2)5-3-4-6-11-9(10)7-12/h4,6,8,12H,3,5,7H2,1-2H3,(H2,10,11)/b6-4-. The molecule has 0 amide bonds. The smallest absolute Gasteiger partial charge is 0.123 e. The number of allylic oxidation sites excluding steroid dienone is 1. The van der Waals surface area contributed by atoms with Gasteiger partial charge in [0.1, 0.15) is 12.4 Å². The molecule has 0 atom stereocenters. The van der Waals surface area contributed by atoms with Crippen molar-refractivity contribution < 1.29 is 5.11 Å². The lowest BCUT2D eigenvalue weighted by Crippen LogP contribution is -2.19. The van der Waals surface area contributed by atoms with Gasteiger partial charge in [-0.2, -0.15) is 0 Å². The monoisotopic (exact) mass is 170 g/mol. The highest BCUT2D eigenvalue weighted by Crippen LogP contribution is 2.02. The first-order valence-electron chi connectivity index (χ1n) is 4.26. The van der Waals surface area contributed by atoms with Gasteiger partial charge in [-0.1, -0.05) is 19.9 Å². The van der Waals surface area contributed by atoms with Crippen LogP contribution in [0, 0.1) is 11.3 Å². The van der Waals surface area contributed by atoms with Crippen LogP contribution in [0.2, 0.25) is 0 Å². The molecular weight excluding hydrogens is 152 g/mol. The van der Waals surface area contributed by atoms with Crippen LogP contribution in [0.5, 0.6) is 0 Å². The van der Waals surface area contributed by atoms with E-state index in [1.54, 1.807) is 6.20 Å². The van der Waals surface area contributed by atoms with Crippen molar-refractivity contribution in [3.63, 3.8) is 0 Å². The van der Waals surface area contributed by atoms with Crippen LogP contribution in [-0.4, -0.2) is 17.5 Å². The van der Waals surface area contributed by atoms with Crippen LogP contribution in [0.25, 0.3) is 0 Å². The first-order valence-corrected chi connectivity index (χ1v) is 4.26. The number of hydrogen-bond donors (Lipinski definition) is 3. The Bertz CT molecular complexity index is 153. The SMILES string of the molecule is CC(C)CC/C=C\NC(=N)CO. The fourth-order valence-electron chi connectivity index (χ4n) is 0.718. The fraction of sp³-hybridized carbons (Fsp3) is 0.667. The molecule has 0 heterocycles. The maximum atomic E-state index is 8.46. The van der Waals surface area contributed by atoms with E-state index in [1.807, 2.05) is 6.08 Å². The van der Waals surface area contributed by atoms with E-state index in [2.05, 4.69) is 19.2 Å². The van der Waals surface area contributed by atoms with Crippen molar-refractivity contribution >= 4 is 5.84 Å². The molecule has 0 aromatic carbocycles. The Kier molecular flexibility index (Phi) is 6.38. The molecule has 3 nitrogen and oxygen atoms in total. The first kappa shape index (κ1) is 11.2. The van der Waals surface area contributed by atoms with Gasteiger partial charge in [-0.15, -0.1) is 0 Å². The molecular formula is C9H18N2O. The summed E-state index contributed by atoms with van der Waals surface area (Å²) in [6, 6.07) is 0. The third-order valence-electron chi connectivity index (χ3n) is 1.44. The molecule has 0 radical (unpaired) electrons. The van der Waals surface area contributed by atoms with Crippen molar-refractivity contribution in [2.75, 3.05) is 6.61 Å². The lowest BCUT2D eigenvalue weighted by Gasteiger charge is -2.00. The molecule has 70 valence electrons. The topological polar surface area (TPSA) is 56.1 Å². The summed E-state index contributed by atoms with van der Waals surface area (Å²) in [5, 5.41) is 18.2. The summed E-state index contributed by atoms with van der Waals surface area (Å²) in [5.41, 5.74) is 0. The van der Waals surface area contributed by atoms with E-state index in [0.717, 1.165) is 12.8 Å². The van der Waals surface area contributed by atoms with Crippen LogP contribution < -0.4 is 5.32 Å². The third kappa shape index (κ3) is 7.28. The minimum Gasteiger partial charge on any atom is -0.388 e. The molecule has 0 spiro atoms. The molecule has 0 aromatic rings. The van der Waals surface area contributed by atoms with E-state index in [9.17, 15) is 0 Å². The zero-order valence-corrected chi connectivity index (χ0v) is 7.80. The largest absolute Gasteiger partial charge is 0.388 e. The summed E-state index contributed by atoms with van der Waals surface area (Å²) >= 11 is 0. The molecule has 0 unspecified atom stereocenters. The maximum absolute atomic E-state index is 8.46. The van der Waals surface area contributed by atoms with Crippen molar-refractivity contribution in [1.82, 2.24) is 5.32 Å². The minimum absolute atomic E-state index is 0.135. The number of hydrogen-bond acceptors (Lipinski definition) is 2. The Hall–Kier alpha value is -0.830. The van der Waals surface area contributed by atoms with Crippen molar-refractivity contribution in [2.24, 2.45) is 5.92 Å². The molecule has 12 heavy (non-hydrogen) atoms. The molecule has 0 aliphatic heterocycles. The van der Waals surface area contributed by atoms with Crippen molar-refractivity contribution in [1.29, 1.82) is 5.41 Å². The van der Waals surface area contributed by atoms with Gasteiger partial charge in [0.25, 0.3) is 0 Å². The molecule has 0 saturated carbocycles. The quantitative estimate of drug-likeness (QED) is 0.432. The van der Waals surface area contributed by atoms with Gasteiger partial charge in [-0.05, 0) is 25.0 Å². The second-order valence-electron chi connectivity index (χ2n) is 3.15. The molecule has 0 bridgehead atoms. The Morgan fingerprint density at radius 3 is 2.75 bits per heavy atom. The van der Waals surface area contributed by atoms with E-state index in [1.165, 1.54) is 0 Å². The van der Waals surface area contributed by atoms with Gasteiger partial charge in [-0.3, -0.25) is 5.41 Å². The van der Waals surface area contributed by atoms with Crippen LogP contribution in [0.3, 0.4) is 0 Å². The van der Waals surface area contributed by atoms with Gasteiger partial charge >= 0.3 is 0 Å². The number of aliphatic hydroxyl groups is 1. The molecule has 3 N–H and O–H groups in total. The predicted molar refractivity (Wildman–Crippen MR) is 51.2 cm³/mol. The normalized spacial score (nSPS) is 11.0. The Balaban J connectivity index is 3.31. The zero-order chi connectivity index (χ0) is 9.40.